The number of halogens is 1. The van der Waals surface area contributed by atoms with E-state index in [9.17, 15) is 9.90 Å². The summed E-state index contributed by atoms with van der Waals surface area (Å²) in [4.78, 5) is 14.3. The van der Waals surface area contributed by atoms with E-state index in [1.807, 2.05) is 30.3 Å². The first-order valence-corrected chi connectivity index (χ1v) is 11.9. The van der Waals surface area contributed by atoms with Crippen LogP contribution in [-0.4, -0.2) is 42.8 Å². The molecule has 0 radical (unpaired) electrons. The Morgan fingerprint density at radius 2 is 1.61 bits per heavy atom. The number of piperidine rings is 1. The van der Waals surface area contributed by atoms with Crippen molar-refractivity contribution >= 4 is 21.9 Å². The molecule has 1 heterocycles. The van der Waals surface area contributed by atoms with E-state index >= 15 is 0 Å². The molecular formula is C27H28BrNO4. The van der Waals surface area contributed by atoms with Crippen LogP contribution in [0.1, 0.15) is 36.4 Å². The molecule has 3 aromatic rings. The number of hydrogen-bond acceptors (Lipinski definition) is 4. The highest BCUT2D eigenvalue weighted by Gasteiger charge is 2.36. The number of methoxy groups -OCH3 is 2. The van der Waals surface area contributed by atoms with Crippen LogP contribution >= 0.6 is 15.9 Å². The summed E-state index contributed by atoms with van der Waals surface area (Å²) in [5.41, 5.74) is 4.26. The van der Waals surface area contributed by atoms with E-state index in [4.69, 9.17) is 9.47 Å². The van der Waals surface area contributed by atoms with E-state index in [-0.39, 0.29) is 6.04 Å². The molecule has 0 aromatic heterocycles. The van der Waals surface area contributed by atoms with E-state index < -0.39 is 12.0 Å². The van der Waals surface area contributed by atoms with Gasteiger partial charge in [-0.3, -0.25) is 9.69 Å². The molecule has 5 nitrogen and oxygen atoms in total. The second kappa shape index (κ2) is 10.4. The summed E-state index contributed by atoms with van der Waals surface area (Å²) in [6, 6.07) is 21.7. The van der Waals surface area contributed by atoms with Crippen molar-refractivity contribution in [2.75, 3.05) is 20.8 Å². The van der Waals surface area contributed by atoms with Crippen LogP contribution in [-0.2, 0) is 4.79 Å². The topological polar surface area (TPSA) is 59.0 Å². The standard InChI is InChI=1S/C27H28BrNO4/c1-32-24-16-21(22(28)17-25(24)33-2)26(29-15-7-6-10-23(29)27(30)31)20-13-11-19(12-14-20)18-8-4-3-5-9-18/h3-5,8-9,11-14,16-17,23,26H,6-7,10,15H2,1-2H3,(H,30,31). The highest BCUT2D eigenvalue weighted by Crippen LogP contribution is 2.42. The van der Waals surface area contributed by atoms with Crippen molar-refractivity contribution in [1.29, 1.82) is 0 Å². The lowest BCUT2D eigenvalue weighted by atomic mass is 9.90. The second-order valence-electron chi connectivity index (χ2n) is 8.21. The van der Waals surface area contributed by atoms with Crippen LogP contribution < -0.4 is 9.47 Å². The normalized spacial score (nSPS) is 17.4. The lowest BCUT2D eigenvalue weighted by Crippen LogP contribution is -2.46. The van der Waals surface area contributed by atoms with Crippen LogP contribution in [0.15, 0.2) is 71.2 Å². The molecule has 2 unspecified atom stereocenters. The summed E-state index contributed by atoms with van der Waals surface area (Å²) in [6.45, 7) is 0.711. The van der Waals surface area contributed by atoms with E-state index in [1.165, 1.54) is 0 Å². The third kappa shape index (κ3) is 4.92. The first-order chi connectivity index (χ1) is 16.0. The summed E-state index contributed by atoms with van der Waals surface area (Å²) in [7, 11) is 3.22. The van der Waals surface area contributed by atoms with Gasteiger partial charge in [-0.05, 0) is 53.8 Å². The minimum atomic E-state index is -0.780. The number of ether oxygens (including phenoxy) is 2. The molecule has 0 amide bonds. The zero-order chi connectivity index (χ0) is 23.4. The van der Waals surface area contributed by atoms with E-state index in [1.54, 1.807) is 14.2 Å². The van der Waals surface area contributed by atoms with Crippen molar-refractivity contribution in [3.05, 3.63) is 82.3 Å². The number of aliphatic carboxylic acids is 1. The van der Waals surface area contributed by atoms with E-state index in [2.05, 4.69) is 57.2 Å². The van der Waals surface area contributed by atoms with E-state index in [0.717, 1.165) is 39.6 Å². The zero-order valence-electron chi connectivity index (χ0n) is 18.8. The van der Waals surface area contributed by atoms with Crippen LogP contribution in [0.25, 0.3) is 11.1 Å². The predicted octanol–water partition coefficient (Wildman–Crippen LogP) is 6.16. The first-order valence-electron chi connectivity index (χ1n) is 11.1. The average molecular weight is 510 g/mol. The lowest BCUT2D eigenvalue weighted by Gasteiger charge is -2.40. The minimum Gasteiger partial charge on any atom is -0.493 e. The maximum atomic E-state index is 12.2. The Labute approximate surface area is 203 Å². The lowest BCUT2D eigenvalue weighted by molar-refractivity contribution is -0.145. The molecule has 1 aliphatic rings. The molecule has 172 valence electrons. The maximum absolute atomic E-state index is 12.2. The van der Waals surface area contributed by atoms with Gasteiger partial charge in [0.1, 0.15) is 6.04 Å². The highest BCUT2D eigenvalue weighted by atomic mass is 79.9. The van der Waals surface area contributed by atoms with Gasteiger partial charge >= 0.3 is 5.97 Å². The largest absolute Gasteiger partial charge is 0.493 e. The molecule has 1 fully saturated rings. The molecule has 0 spiro atoms. The Morgan fingerprint density at radius 1 is 0.970 bits per heavy atom. The van der Waals surface area contributed by atoms with Gasteiger partial charge in [-0.15, -0.1) is 0 Å². The number of hydrogen-bond donors (Lipinski definition) is 1. The van der Waals surface area contributed by atoms with Crippen molar-refractivity contribution in [2.45, 2.75) is 31.3 Å². The van der Waals surface area contributed by atoms with Crippen LogP contribution in [0.2, 0.25) is 0 Å². The Bertz CT molecular complexity index is 1100. The van der Waals surface area contributed by atoms with Gasteiger partial charge in [-0.1, -0.05) is 76.9 Å². The van der Waals surface area contributed by atoms with Gasteiger partial charge in [0, 0.05) is 4.47 Å². The molecular weight excluding hydrogens is 482 g/mol. The smallest absolute Gasteiger partial charge is 0.320 e. The van der Waals surface area contributed by atoms with Crippen molar-refractivity contribution in [3.8, 4) is 22.6 Å². The Kier molecular flexibility index (Phi) is 7.36. The fourth-order valence-electron chi connectivity index (χ4n) is 4.65. The van der Waals surface area contributed by atoms with Gasteiger partial charge in [0.25, 0.3) is 0 Å². The van der Waals surface area contributed by atoms with Crippen LogP contribution in [0.4, 0.5) is 0 Å². The van der Waals surface area contributed by atoms with Gasteiger partial charge in [-0.25, -0.2) is 0 Å². The Hall–Kier alpha value is -2.83. The molecule has 1 N–H and O–H groups in total. The molecule has 4 rings (SSSR count). The van der Waals surface area contributed by atoms with Crippen LogP contribution in [0.3, 0.4) is 0 Å². The van der Waals surface area contributed by atoms with Gasteiger partial charge in [0.2, 0.25) is 0 Å². The number of carboxylic acid groups (broad SMARTS) is 1. The van der Waals surface area contributed by atoms with Crippen molar-refractivity contribution < 1.29 is 19.4 Å². The predicted molar refractivity (Wildman–Crippen MR) is 133 cm³/mol. The first kappa shape index (κ1) is 23.3. The number of carbonyl (C=O) groups is 1. The Balaban J connectivity index is 1.83. The summed E-state index contributed by atoms with van der Waals surface area (Å²) in [5.74, 6) is 0.461. The molecule has 0 saturated carbocycles. The highest BCUT2D eigenvalue weighted by molar-refractivity contribution is 9.10. The van der Waals surface area contributed by atoms with Crippen molar-refractivity contribution in [1.82, 2.24) is 4.90 Å². The zero-order valence-corrected chi connectivity index (χ0v) is 20.4. The van der Waals surface area contributed by atoms with Gasteiger partial charge in [-0.2, -0.15) is 0 Å². The fourth-order valence-corrected chi connectivity index (χ4v) is 5.18. The molecule has 0 bridgehead atoms. The van der Waals surface area contributed by atoms with E-state index in [0.29, 0.717) is 24.5 Å². The number of rotatable bonds is 7. The number of benzene rings is 3. The van der Waals surface area contributed by atoms with Gasteiger partial charge in [0.05, 0.1) is 20.3 Å². The fraction of sp³-hybridized carbons (Fsp3) is 0.296. The number of nitrogens with zero attached hydrogens (tertiary/aromatic N) is 1. The monoisotopic (exact) mass is 509 g/mol. The SMILES string of the molecule is COc1cc(Br)c(C(c2ccc(-c3ccccc3)cc2)N2CCCCC2C(=O)O)cc1OC. The molecule has 1 saturated heterocycles. The number of likely N-dealkylation sites (tertiary alicyclic amines) is 1. The van der Waals surface area contributed by atoms with Crippen molar-refractivity contribution in [2.24, 2.45) is 0 Å². The molecule has 0 aliphatic carbocycles. The van der Waals surface area contributed by atoms with Crippen LogP contribution in [0.5, 0.6) is 11.5 Å². The minimum absolute atomic E-state index is 0.245. The summed E-state index contributed by atoms with van der Waals surface area (Å²) in [5, 5.41) is 10.00. The maximum Gasteiger partial charge on any atom is 0.320 e. The quantitative estimate of drug-likeness (QED) is 0.413. The van der Waals surface area contributed by atoms with Crippen molar-refractivity contribution in [3.63, 3.8) is 0 Å². The Morgan fingerprint density at radius 3 is 2.24 bits per heavy atom. The second-order valence-corrected chi connectivity index (χ2v) is 9.06. The van der Waals surface area contributed by atoms with Gasteiger partial charge in [0.15, 0.2) is 11.5 Å². The molecule has 1 aliphatic heterocycles. The molecule has 2 atom stereocenters. The summed E-state index contributed by atoms with van der Waals surface area (Å²) in [6.07, 6.45) is 2.52. The summed E-state index contributed by atoms with van der Waals surface area (Å²) >= 11 is 3.71. The number of carboxylic acids is 1. The third-order valence-electron chi connectivity index (χ3n) is 6.29. The molecule has 6 heteroatoms. The summed E-state index contributed by atoms with van der Waals surface area (Å²) < 4.78 is 11.9. The average Bonchev–Trinajstić information content (AvgIpc) is 2.86. The molecule has 3 aromatic carbocycles. The van der Waals surface area contributed by atoms with Gasteiger partial charge < -0.3 is 14.6 Å². The van der Waals surface area contributed by atoms with Crippen LogP contribution in [0, 0.1) is 0 Å². The molecule has 33 heavy (non-hydrogen) atoms. The third-order valence-corrected chi connectivity index (χ3v) is 6.98.